The molecule has 1 aromatic carbocycles. The molecule has 1 heterocycles. The summed E-state index contributed by atoms with van der Waals surface area (Å²) in [6.45, 7) is 3.94. The molecule has 1 aromatic rings. The maximum Gasteiger partial charge on any atom is 0.249 e. The van der Waals surface area contributed by atoms with Gasteiger partial charge in [0.25, 0.3) is 0 Å². The minimum absolute atomic E-state index is 0.142. The van der Waals surface area contributed by atoms with Gasteiger partial charge < -0.3 is 10.2 Å². The van der Waals surface area contributed by atoms with Crippen LogP contribution in [0.3, 0.4) is 0 Å². The van der Waals surface area contributed by atoms with Gasteiger partial charge in [0.05, 0.1) is 0 Å². The van der Waals surface area contributed by atoms with Crippen molar-refractivity contribution in [2.45, 2.75) is 32.7 Å². The van der Waals surface area contributed by atoms with Gasteiger partial charge in [0.1, 0.15) is 11.9 Å². The Hall–Kier alpha value is -1.91. The lowest BCUT2D eigenvalue weighted by Gasteiger charge is -2.25. The lowest BCUT2D eigenvalue weighted by atomic mass is 10.1. The second-order valence-corrected chi connectivity index (χ2v) is 4.70. The molecule has 0 aromatic heterocycles. The first-order valence-electron chi connectivity index (χ1n) is 6.39. The van der Waals surface area contributed by atoms with Gasteiger partial charge in [0.15, 0.2) is 0 Å². The van der Waals surface area contributed by atoms with Crippen LogP contribution >= 0.6 is 0 Å². The molecular formula is C14H17FN2O2. The number of rotatable bonds is 2. The van der Waals surface area contributed by atoms with Crippen LogP contribution in [0, 0.1) is 12.7 Å². The molecule has 4 nitrogen and oxygen atoms in total. The van der Waals surface area contributed by atoms with Crippen LogP contribution in [-0.2, 0) is 9.59 Å². The van der Waals surface area contributed by atoms with E-state index in [0.29, 0.717) is 12.1 Å². The summed E-state index contributed by atoms with van der Waals surface area (Å²) in [4.78, 5) is 25.4. The van der Waals surface area contributed by atoms with Gasteiger partial charge in [0, 0.05) is 18.7 Å². The summed E-state index contributed by atoms with van der Waals surface area (Å²) in [6.07, 6.45) is 0.758. The van der Waals surface area contributed by atoms with Crippen molar-refractivity contribution in [3.05, 3.63) is 29.6 Å². The van der Waals surface area contributed by atoms with Crippen molar-refractivity contribution in [2.75, 3.05) is 11.4 Å². The van der Waals surface area contributed by atoms with Crippen molar-refractivity contribution in [2.24, 2.45) is 0 Å². The van der Waals surface area contributed by atoms with Crippen molar-refractivity contribution in [3.63, 3.8) is 0 Å². The average Bonchev–Trinajstić information content (AvgIpc) is 2.52. The third-order valence-electron chi connectivity index (χ3n) is 3.33. The van der Waals surface area contributed by atoms with Crippen molar-refractivity contribution < 1.29 is 14.0 Å². The Balaban J connectivity index is 2.38. The molecule has 19 heavy (non-hydrogen) atoms. The number of anilines is 1. The summed E-state index contributed by atoms with van der Waals surface area (Å²) in [5.41, 5.74) is 1.36. The van der Waals surface area contributed by atoms with Crippen LogP contribution in [0.25, 0.3) is 0 Å². The second kappa shape index (κ2) is 5.38. The van der Waals surface area contributed by atoms with Gasteiger partial charge in [-0.15, -0.1) is 0 Å². The smallest absolute Gasteiger partial charge is 0.249 e. The fourth-order valence-corrected chi connectivity index (χ4v) is 2.23. The predicted octanol–water partition coefficient (Wildman–Crippen LogP) is 1.77. The minimum atomic E-state index is -0.530. The quantitative estimate of drug-likeness (QED) is 0.885. The highest BCUT2D eigenvalue weighted by Gasteiger charge is 2.30. The van der Waals surface area contributed by atoms with Crippen LogP contribution in [0.5, 0.6) is 0 Å². The number of aryl methyl sites for hydroxylation is 1. The average molecular weight is 264 g/mol. The zero-order valence-electron chi connectivity index (χ0n) is 11.1. The topological polar surface area (TPSA) is 49.4 Å². The molecule has 1 unspecified atom stereocenters. The molecule has 2 rings (SSSR count). The number of carbonyl (C=O) groups is 2. The van der Waals surface area contributed by atoms with Crippen molar-refractivity contribution >= 4 is 17.5 Å². The van der Waals surface area contributed by atoms with Crippen LogP contribution in [0.15, 0.2) is 18.2 Å². The Morgan fingerprint density at radius 3 is 2.84 bits per heavy atom. The molecular weight excluding hydrogens is 247 g/mol. The number of hydrogen-bond acceptors (Lipinski definition) is 2. The summed E-state index contributed by atoms with van der Waals surface area (Å²) in [5, 5.41) is 2.69. The number of hydrogen-bond donors (Lipinski definition) is 1. The van der Waals surface area contributed by atoms with Gasteiger partial charge >= 0.3 is 0 Å². The zero-order chi connectivity index (χ0) is 14.0. The number of halogens is 1. The fourth-order valence-electron chi connectivity index (χ4n) is 2.23. The number of nitrogens with zero attached hydrogens (tertiary/aromatic N) is 1. The highest BCUT2D eigenvalue weighted by atomic mass is 19.1. The van der Waals surface area contributed by atoms with Crippen molar-refractivity contribution in [1.82, 2.24) is 5.32 Å². The van der Waals surface area contributed by atoms with Gasteiger partial charge in [-0.05, 0) is 31.0 Å². The van der Waals surface area contributed by atoms with E-state index in [1.807, 2.05) is 13.8 Å². The molecule has 1 aliphatic rings. The fraction of sp³-hybridized carbons (Fsp3) is 0.429. The van der Waals surface area contributed by atoms with Gasteiger partial charge in [-0.2, -0.15) is 0 Å². The summed E-state index contributed by atoms with van der Waals surface area (Å²) in [6, 6.07) is 3.81. The Labute approximate surface area is 111 Å². The molecule has 2 amide bonds. The highest BCUT2D eigenvalue weighted by molar-refractivity contribution is 6.01. The van der Waals surface area contributed by atoms with Crippen LogP contribution in [0.4, 0.5) is 10.1 Å². The molecule has 0 radical (unpaired) electrons. The Morgan fingerprint density at radius 2 is 2.16 bits per heavy atom. The van der Waals surface area contributed by atoms with E-state index in [9.17, 15) is 14.0 Å². The number of benzene rings is 1. The monoisotopic (exact) mass is 264 g/mol. The Kier molecular flexibility index (Phi) is 3.83. The molecule has 0 bridgehead atoms. The normalized spacial score (nSPS) is 20.2. The molecule has 1 fully saturated rings. The first-order valence-corrected chi connectivity index (χ1v) is 6.39. The minimum Gasteiger partial charge on any atom is -0.344 e. The van der Waals surface area contributed by atoms with E-state index < -0.39 is 6.04 Å². The molecule has 0 saturated carbocycles. The SMILES string of the molecule is CCC1NC(=O)CCN(c2cc(F)ccc2C)C1=O. The Morgan fingerprint density at radius 1 is 1.42 bits per heavy atom. The lowest BCUT2D eigenvalue weighted by Crippen LogP contribution is -2.44. The maximum atomic E-state index is 13.4. The molecule has 5 heteroatoms. The van der Waals surface area contributed by atoms with E-state index in [-0.39, 0.29) is 30.6 Å². The Bertz CT molecular complexity index is 516. The van der Waals surface area contributed by atoms with Crippen LogP contribution in [0.2, 0.25) is 0 Å². The van der Waals surface area contributed by atoms with E-state index in [4.69, 9.17) is 0 Å². The zero-order valence-corrected chi connectivity index (χ0v) is 11.1. The number of carbonyl (C=O) groups excluding carboxylic acids is 2. The summed E-state index contributed by atoms with van der Waals surface area (Å²) in [7, 11) is 0. The van der Waals surface area contributed by atoms with Crippen LogP contribution in [-0.4, -0.2) is 24.4 Å². The van der Waals surface area contributed by atoms with E-state index >= 15 is 0 Å². The molecule has 1 saturated heterocycles. The summed E-state index contributed by atoms with van der Waals surface area (Å²) >= 11 is 0. The van der Waals surface area contributed by atoms with Gasteiger partial charge in [0.2, 0.25) is 11.8 Å². The third kappa shape index (κ3) is 2.75. The maximum absolute atomic E-state index is 13.4. The van der Waals surface area contributed by atoms with E-state index in [2.05, 4.69) is 5.32 Å². The largest absolute Gasteiger partial charge is 0.344 e. The van der Waals surface area contributed by atoms with Crippen LogP contribution in [0.1, 0.15) is 25.3 Å². The van der Waals surface area contributed by atoms with Gasteiger partial charge in [-0.25, -0.2) is 4.39 Å². The summed E-state index contributed by atoms with van der Waals surface area (Å²) < 4.78 is 13.4. The van der Waals surface area contributed by atoms with Crippen molar-refractivity contribution in [1.29, 1.82) is 0 Å². The van der Waals surface area contributed by atoms with E-state index in [0.717, 1.165) is 5.56 Å². The van der Waals surface area contributed by atoms with Gasteiger partial charge in [-0.1, -0.05) is 13.0 Å². The first kappa shape index (κ1) is 13.5. The summed E-state index contributed by atoms with van der Waals surface area (Å²) in [5.74, 6) is -0.705. The van der Waals surface area contributed by atoms with Gasteiger partial charge in [-0.3, -0.25) is 9.59 Å². The third-order valence-corrected chi connectivity index (χ3v) is 3.33. The molecule has 1 atom stereocenters. The first-order chi connectivity index (χ1) is 9.02. The standard InChI is InChI=1S/C14H17FN2O2/c1-3-11-14(19)17(7-6-13(18)16-11)12-8-10(15)5-4-9(12)2/h4-5,8,11H,3,6-7H2,1-2H3,(H,16,18). The number of amides is 2. The predicted molar refractivity (Wildman–Crippen MR) is 70.3 cm³/mol. The van der Waals surface area contributed by atoms with E-state index in [1.165, 1.54) is 17.0 Å². The second-order valence-electron chi connectivity index (χ2n) is 4.70. The molecule has 1 aliphatic heterocycles. The molecule has 102 valence electrons. The van der Waals surface area contributed by atoms with E-state index in [1.54, 1.807) is 6.07 Å². The highest BCUT2D eigenvalue weighted by Crippen LogP contribution is 2.23. The molecule has 0 aliphatic carbocycles. The van der Waals surface area contributed by atoms with Crippen LogP contribution < -0.4 is 10.2 Å². The van der Waals surface area contributed by atoms with Crippen molar-refractivity contribution in [3.8, 4) is 0 Å². The molecule has 1 N–H and O–H groups in total. The lowest BCUT2D eigenvalue weighted by molar-refractivity contribution is -0.125. The molecule has 0 spiro atoms. The number of nitrogens with one attached hydrogen (secondary N) is 1.